The first-order valence-electron chi connectivity index (χ1n) is 15.2. The SMILES string of the molecule is CC1(C)OC(c2ccc(S(C)(=O)=O)c(F)c2)=C(c2cccc(Cl)c2)C1=S.CSc1ccc(C2=C(c3cccc(Cl)c3)C(=S)C(C)(C)O2)cc1F. The highest BCUT2D eigenvalue weighted by Gasteiger charge is 2.41. The van der Waals surface area contributed by atoms with Crippen molar-refractivity contribution >= 4 is 102 Å². The van der Waals surface area contributed by atoms with Crippen LogP contribution in [0.2, 0.25) is 10.0 Å². The van der Waals surface area contributed by atoms with Crippen LogP contribution in [0.1, 0.15) is 49.9 Å². The van der Waals surface area contributed by atoms with Gasteiger partial charge in [0.15, 0.2) is 9.84 Å². The summed E-state index contributed by atoms with van der Waals surface area (Å²) in [6.45, 7) is 7.49. The number of halogens is 4. The Hall–Kier alpha value is -3.12. The summed E-state index contributed by atoms with van der Waals surface area (Å²) in [7, 11) is -3.65. The van der Waals surface area contributed by atoms with Gasteiger partial charge < -0.3 is 9.47 Å². The van der Waals surface area contributed by atoms with Gasteiger partial charge in [-0.1, -0.05) is 71.9 Å². The van der Waals surface area contributed by atoms with Gasteiger partial charge in [0, 0.05) is 43.5 Å². The van der Waals surface area contributed by atoms with E-state index in [4.69, 9.17) is 57.1 Å². The number of thioether (sulfide) groups is 1. The highest BCUT2D eigenvalue weighted by atomic mass is 35.5. The van der Waals surface area contributed by atoms with Crippen LogP contribution in [0.5, 0.6) is 0 Å². The molecule has 0 fully saturated rings. The predicted octanol–water partition coefficient (Wildman–Crippen LogP) is 11.2. The second-order valence-electron chi connectivity index (χ2n) is 12.6. The van der Waals surface area contributed by atoms with E-state index in [2.05, 4.69) is 0 Å². The number of thiocarbonyl (C=S) groups is 2. The van der Waals surface area contributed by atoms with Crippen molar-refractivity contribution in [3.05, 3.63) is 129 Å². The van der Waals surface area contributed by atoms with Crippen LogP contribution in [-0.4, -0.2) is 41.9 Å². The van der Waals surface area contributed by atoms with E-state index in [-0.39, 0.29) is 10.7 Å². The second-order valence-corrected chi connectivity index (χ2v) is 17.1. The molecule has 0 saturated heterocycles. The predicted molar refractivity (Wildman–Crippen MR) is 210 cm³/mol. The molecule has 4 aromatic carbocycles. The fourth-order valence-corrected chi connectivity index (χ4v) is 7.55. The van der Waals surface area contributed by atoms with Gasteiger partial charge in [-0.05, 0) is 106 Å². The fraction of sp³-hybridized carbons (Fsp3) is 0.211. The molecule has 0 spiro atoms. The average molecular weight is 790 g/mol. The van der Waals surface area contributed by atoms with Gasteiger partial charge in [0.25, 0.3) is 0 Å². The summed E-state index contributed by atoms with van der Waals surface area (Å²) in [6.07, 6.45) is 2.81. The number of ether oxygens (including phenoxy) is 2. The van der Waals surface area contributed by atoms with Crippen LogP contribution >= 0.6 is 59.4 Å². The Morgan fingerprint density at radius 2 is 1.10 bits per heavy atom. The molecule has 0 amide bonds. The zero-order valence-corrected chi connectivity index (χ0v) is 32.6. The molecule has 0 radical (unpaired) electrons. The van der Waals surface area contributed by atoms with Crippen LogP contribution in [0.3, 0.4) is 0 Å². The first-order valence-corrected chi connectivity index (χ1v) is 19.8. The Bertz CT molecular complexity index is 2230. The number of hydrogen-bond acceptors (Lipinski definition) is 7. The number of rotatable bonds is 6. The summed E-state index contributed by atoms with van der Waals surface area (Å²) in [5, 5.41) is 1.16. The van der Waals surface area contributed by atoms with E-state index in [1.54, 1.807) is 24.3 Å². The maximum Gasteiger partial charge on any atom is 0.178 e. The molecule has 2 aliphatic heterocycles. The molecule has 50 heavy (non-hydrogen) atoms. The van der Waals surface area contributed by atoms with Crippen LogP contribution in [0.4, 0.5) is 8.78 Å². The van der Waals surface area contributed by atoms with Gasteiger partial charge in [0.1, 0.15) is 39.3 Å². The van der Waals surface area contributed by atoms with Crippen molar-refractivity contribution in [3.63, 3.8) is 0 Å². The lowest BCUT2D eigenvalue weighted by Gasteiger charge is -2.20. The molecular weight excluding hydrogens is 758 g/mol. The van der Waals surface area contributed by atoms with Gasteiger partial charge in [0.2, 0.25) is 0 Å². The summed E-state index contributed by atoms with van der Waals surface area (Å²) in [6, 6.07) is 23.6. The van der Waals surface area contributed by atoms with Gasteiger partial charge in [-0.2, -0.15) is 0 Å². The molecule has 6 rings (SSSR count). The Kier molecular flexibility index (Phi) is 11.0. The number of sulfone groups is 1. The third-order valence-corrected chi connectivity index (χ3v) is 11.7. The summed E-state index contributed by atoms with van der Waals surface area (Å²) >= 11 is 24.8. The molecule has 2 heterocycles. The van der Waals surface area contributed by atoms with Crippen molar-refractivity contribution in [2.75, 3.05) is 12.5 Å². The first kappa shape index (κ1) is 38.1. The van der Waals surface area contributed by atoms with E-state index in [1.165, 1.54) is 30.0 Å². The minimum Gasteiger partial charge on any atom is -0.481 e. The lowest BCUT2D eigenvalue weighted by molar-refractivity contribution is 0.159. The lowest BCUT2D eigenvalue weighted by Crippen LogP contribution is -2.27. The van der Waals surface area contributed by atoms with E-state index >= 15 is 0 Å². The third kappa shape index (κ3) is 7.86. The maximum atomic E-state index is 14.4. The Morgan fingerprint density at radius 1 is 0.660 bits per heavy atom. The maximum absolute atomic E-state index is 14.4. The highest BCUT2D eigenvalue weighted by molar-refractivity contribution is 7.98. The quantitative estimate of drug-likeness (QED) is 0.142. The zero-order chi connectivity index (χ0) is 36.8. The third-order valence-electron chi connectivity index (χ3n) is 7.95. The monoisotopic (exact) mass is 788 g/mol. The molecule has 0 saturated carbocycles. The van der Waals surface area contributed by atoms with Crippen molar-refractivity contribution in [3.8, 4) is 0 Å². The molecule has 4 nitrogen and oxygen atoms in total. The van der Waals surface area contributed by atoms with Crippen LogP contribution in [0, 0.1) is 11.6 Å². The van der Waals surface area contributed by atoms with E-state index < -0.39 is 26.9 Å². The molecule has 0 bridgehead atoms. The standard InChI is InChI=1S/C19H16ClFO3S2.C19H16ClFOS2/c1-19(2)18(25)16(11-5-4-6-13(20)9-11)17(24-19)12-7-8-15(14(21)10-12)26(3,22)23;1-19(2)18(23)16(11-5-4-6-13(20)9-11)17(22-19)12-7-8-15(24-3)14(21)10-12/h4-10H,1-3H3;4-10H,1-3H3. The molecule has 0 atom stereocenters. The summed E-state index contributed by atoms with van der Waals surface area (Å²) in [5.41, 5.74) is 2.79. The smallest absolute Gasteiger partial charge is 0.178 e. The van der Waals surface area contributed by atoms with Crippen LogP contribution < -0.4 is 0 Å². The highest BCUT2D eigenvalue weighted by Crippen LogP contribution is 2.44. The minimum absolute atomic E-state index is 0.267. The molecule has 4 aromatic rings. The average Bonchev–Trinajstić information content (AvgIpc) is 3.43. The normalized spacial score (nSPS) is 16.6. The van der Waals surface area contributed by atoms with Crippen LogP contribution in [0.25, 0.3) is 22.7 Å². The van der Waals surface area contributed by atoms with Crippen LogP contribution in [-0.2, 0) is 19.3 Å². The van der Waals surface area contributed by atoms with Crippen molar-refractivity contribution in [1.29, 1.82) is 0 Å². The van der Waals surface area contributed by atoms with E-state index in [0.29, 0.717) is 52.9 Å². The molecule has 0 aromatic heterocycles. The van der Waals surface area contributed by atoms with Gasteiger partial charge in [-0.3, -0.25) is 0 Å². The molecule has 2 aliphatic rings. The minimum atomic E-state index is -3.65. The van der Waals surface area contributed by atoms with Gasteiger partial charge >= 0.3 is 0 Å². The summed E-state index contributed by atoms with van der Waals surface area (Å²) < 4.78 is 64.0. The van der Waals surface area contributed by atoms with Crippen molar-refractivity contribution in [2.45, 2.75) is 48.7 Å². The van der Waals surface area contributed by atoms with Crippen molar-refractivity contribution in [1.82, 2.24) is 0 Å². The second kappa shape index (κ2) is 14.5. The zero-order valence-electron chi connectivity index (χ0n) is 27.9. The van der Waals surface area contributed by atoms with Gasteiger partial charge in [0.05, 0.1) is 9.73 Å². The molecule has 260 valence electrons. The first-order chi connectivity index (χ1) is 23.3. The van der Waals surface area contributed by atoms with Gasteiger partial charge in [-0.25, -0.2) is 17.2 Å². The van der Waals surface area contributed by atoms with E-state index in [1.807, 2.05) is 70.3 Å². The molecular formula is C38H32Cl2F2O4S4. The number of benzene rings is 4. The molecule has 0 unspecified atom stereocenters. The van der Waals surface area contributed by atoms with E-state index in [9.17, 15) is 17.2 Å². The van der Waals surface area contributed by atoms with Crippen molar-refractivity contribution in [2.24, 2.45) is 0 Å². The van der Waals surface area contributed by atoms with Crippen molar-refractivity contribution < 1.29 is 26.7 Å². The van der Waals surface area contributed by atoms with Crippen LogP contribution in [0.15, 0.2) is 94.7 Å². The Morgan fingerprint density at radius 3 is 1.48 bits per heavy atom. The summed E-state index contributed by atoms with van der Waals surface area (Å²) in [4.78, 5) is 1.51. The Labute approximate surface area is 316 Å². The number of hydrogen-bond donors (Lipinski definition) is 0. The molecule has 12 heteroatoms. The molecule has 0 aliphatic carbocycles. The fourth-order valence-electron chi connectivity index (χ4n) is 5.48. The van der Waals surface area contributed by atoms with Gasteiger partial charge in [-0.15, -0.1) is 11.8 Å². The topological polar surface area (TPSA) is 52.6 Å². The molecule has 0 N–H and O–H groups in total. The van der Waals surface area contributed by atoms with E-state index in [0.717, 1.165) is 29.0 Å². The lowest BCUT2D eigenvalue weighted by atomic mass is 9.94. The largest absolute Gasteiger partial charge is 0.481 e. The Balaban J connectivity index is 0.000000195. The summed E-state index contributed by atoms with van der Waals surface area (Å²) in [5.74, 6) is -0.0978.